The molecule has 2 nitrogen and oxygen atoms in total. The van der Waals surface area contributed by atoms with Crippen molar-refractivity contribution in [2.24, 2.45) is 5.73 Å². The Hall–Kier alpha value is -1.28. The van der Waals surface area contributed by atoms with Gasteiger partial charge in [0.1, 0.15) is 0 Å². The predicted octanol–water partition coefficient (Wildman–Crippen LogP) is 2.75. The van der Waals surface area contributed by atoms with Crippen molar-refractivity contribution in [2.45, 2.75) is 26.3 Å². The summed E-state index contributed by atoms with van der Waals surface area (Å²) in [6.07, 6.45) is 3.07. The average Bonchev–Trinajstić information content (AvgIpc) is 2.60. The number of fused-ring (bicyclic) bond motifs is 1. The molecule has 0 fully saturated rings. The van der Waals surface area contributed by atoms with Crippen molar-refractivity contribution in [3.63, 3.8) is 0 Å². The van der Waals surface area contributed by atoms with Crippen LogP contribution in [-0.4, -0.2) is 4.98 Å². The van der Waals surface area contributed by atoms with Gasteiger partial charge in [0.25, 0.3) is 0 Å². The number of H-pyrrole nitrogens is 1. The van der Waals surface area contributed by atoms with E-state index in [1.165, 1.54) is 22.0 Å². The van der Waals surface area contributed by atoms with E-state index in [-0.39, 0.29) is 6.04 Å². The Morgan fingerprint density at radius 2 is 2.21 bits per heavy atom. The highest BCUT2D eigenvalue weighted by Gasteiger charge is 2.08. The number of rotatable bonds is 2. The van der Waals surface area contributed by atoms with Crippen LogP contribution in [0, 0.1) is 0 Å². The van der Waals surface area contributed by atoms with Crippen LogP contribution >= 0.6 is 0 Å². The number of aromatic nitrogens is 1. The van der Waals surface area contributed by atoms with Gasteiger partial charge in [0.05, 0.1) is 0 Å². The smallest absolute Gasteiger partial charge is 0.0489 e. The van der Waals surface area contributed by atoms with Gasteiger partial charge in [-0.15, -0.1) is 0 Å². The number of hydrogen-bond acceptors (Lipinski definition) is 1. The fourth-order valence-electron chi connectivity index (χ4n) is 1.91. The molecule has 1 atom stereocenters. The summed E-state index contributed by atoms with van der Waals surface area (Å²) in [6.45, 7) is 4.18. The number of aromatic amines is 1. The average molecular weight is 188 g/mol. The molecule has 0 unspecified atom stereocenters. The SMILES string of the molecule is CCc1cccc2c([C@H](C)N)c[nH]c12. The van der Waals surface area contributed by atoms with E-state index in [0.717, 1.165) is 6.42 Å². The maximum Gasteiger partial charge on any atom is 0.0489 e. The molecule has 0 saturated heterocycles. The summed E-state index contributed by atoms with van der Waals surface area (Å²) in [5, 5.41) is 1.26. The van der Waals surface area contributed by atoms with Crippen molar-refractivity contribution >= 4 is 10.9 Å². The Morgan fingerprint density at radius 1 is 1.43 bits per heavy atom. The molecule has 1 aromatic carbocycles. The molecule has 14 heavy (non-hydrogen) atoms. The van der Waals surface area contributed by atoms with Crippen molar-refractivity contribution in [1.82, 2.24) is 4.98 Å². The van der Waals surface area contributed by atoms with Gasteiger partial charge >= 0.3 is 0 Å². The Bertz CT molecular complexity index is 441. The van der Waals surface area contributed by atoms with Gasteiger partial charge in [0, 0.05) is 23.1 Å². The minimum absolute atomic E-state index is 0.0934. The van der Waals surface area contributed by atoms with Crippen LogP contribution in [0.2, 0.25) is 0 Å². The summed E-state index contributed by atoms with van der Waals surface area (Å²) in [5.74, 6) is 0. The molecule has 0 saturated carbocycles. The lowest BCUT2D eigenvalue weighted by Gasteiger charge is -2.03. The molecule has 2 aromatic rings. The topological polar surface area (TPSA) is 41.8 Å². The van der Waals surface area contributed by atoms with Crippen LogP contribution in [0.25, 0.3) is 10.9 Å². The van der Waals surface area contributed by atoms with E-state index in [0.29, 0.717) is 0 Å². The number of nitrogens with one attached hydrogen (secondary N) is 1. The third-order valence-corrected chi connectivity index (χ3v) is 2.71. The van der Waals surface area contributed by atoms with Crippen LogP contribution < -0.4 is 5.73 Å². The first-order chi connectivity index (χ1) is 6.74. The lowest BCUT2D eigenvalue weighted by Crippen LogP contribution is -2.03. The first-order valence-electron chi connectivity index (χ1n) is 5.08. The third-order valence-electron chi connectivity index (χ3n) is 2.71. The maximum absolute atomic E-state index is 5.90. The minimum atomic E-state index is 0.0934. The van der Waals surface area contributed by atoms with E-state index in [9.17, 15) is 0 Å². The van der Waals surface area contributed by atoms with E-state index in [1.54, 1.807) is 0 Å². The zero-order valence-corrected chi connectivity index (χ0v) is 8.67. The van der Waals surface area contributed by atoms with Crippen LogP contribution in [0.1, 0.15) is 31.0 Å². The van der Waals surface area contributed by atoms with Gasteiger partial charge in [-0.3, -0.25) is 0 Å². The Balaban J connectivity index is 2.69. The monoisotopic (exact) mass is 188 g/mol. The number of para-hydroxylation sites is 1. The first kappa shape index (κ1) is 9.28. The van der Waals surface area contributed by atoms with E-state index in [4.69, 9.17) is 5.73 Å². The molecule has 3 N–H and O–H groups in total. The summed E-state index contributed by atoms with van der Waals surface area (Å²) in [7, 11) is 0. The second kappa shape index (κ2) is 3.46. The summed E-state index contributed by atoms with van der Waals surface area (Å²) in [4.78, 5) is 3.31. The molecule has 0 aliphatic heterocycles. The van der Waals surface area contributed by atoms with Crippen LogP contribution in [0.5, 0.6) is 0 Å². The fourth-order valence-corrected chi connectivity index (χ4v) is 1.91. The molecule has 1 heterocycles. The van der Waals surface area contributed by atoms with Crippen LogP contribution in [0.4, 0.5) is 0 Å². The zero-order chi connectivity index (χ0) is 10.1. The van der Waals surface area contributed by atoms with E-state index < -0.39 is 0 Å². The maximum atomic E-state index is 5.90. The largest absolute Gasteiger partial charge is 0.361 e. The van der Waals surface area contributed by atoms with Gasteiger partial charge in [0.2, 0.25) is 0 Å². The summed E-state index contributed by atoms with van der Waals surface area (Å²) in [5.41, 5.74) is 9.69. The van der Waals surface area contributed by atoms with Crippen molar-refractivity contribution in [2.75, 3.05) is 0 Å². The van der Waals surface area contributed by atoms with Gasteiger partial charge in [-0.25, -0.2) is 0 Å². The molecule has 2 heteroatoms. The second-order valence-electron chi connectivity index (χ2n) is 3.73. The number of hydrogen-bond donors (Lipinski definition) is 2. The zero-order valence-electron chi connectivity index (χ0n) is 8.67. The molecule has 0 spiro atoms. The number of nitrogens with two attached hydrogens (primary N) is 1. The highest BCUT2D eigenvalue weighted by atomic mass is 14.7. The normalized spacial score (nSPS) is 13.4. The molecular weight excluding hydrogens is 172 g/mol. The van der Waals surface area contributed by atoms with E-state index >= 15 is 0 Å². The molecule has 0 amide bonds. The number of benzene rings is 1. The van der Waals surface area contributed by atoms with Crippen molar-refractivity contribution in [1.29, 1.82) is 0 Å². The van der Waals surface area contributed by atoms with Crippen molar-refractivity contribution in [3.05, 3.63) is 35.5 Å². The van der Waals surface area contributed by atoms with Gasteiger partial charge in [-0.2, -0.15) is 0 Å². The summed E-state index contributed by atoms with van der Waals surface area (Å²) >= 11 is 0. The van der Waals surface area contributed by atoms with Gasteiger partial charge < -0.3 is 10.7 Å². The minimum Gasteiger partial charge on any atom is -0.361 e. The predicted molar refractivity (Wildman–Crippen MR) is 60.3 cm³/mol. The lowest BCUT2D eigenvalue weighted by molar-refractivity contribution is 0.826. The van der Waals surface area contributed by atoms with Gasteiger partial charge in [-0.05, 0) is 24.5 Å². The summed E-state index contributed by atoms with van der Waals surface area (Å²) in [6, 6.07) is 6.48. The van der Waals surface area contributed by atoms with Crippen molar-refractivity contribution in [3.8, 4) is 0 Å². The molecular formula is C12H16N2. The lowest BCUT2D eigenvalue weighted by atomic mass is 10.0. The Kier molecular flexibility index (Phi) is 2.30. The highest BCUT2D eigenvalue weighted by molar-refractivity contribution is 5.86. The van der Waals surface area contributed by atoms with Gasteiger partial charge in [0.15, 0.2) is 0 Å². The standard InChI is InChI=1S/C12H16N2/c1-3-9-5-4-6-10-11(8(2)13)7-14-12(9)10/h4-8,14H,3,13H2,1-2H3/t8-/m0/s1. The summed E-state index contributed by atoms with van der Waals surface area (Å²) < 4.78 is 0. The molecule has 1 aromatic heterocycles. The Labute approximate surface area is 84.1 Å². The molecule has 0 radical (unpaired) electrons. The van der Waals surface area contributed by atoms with E-state index in [1.807, 2.05) is 13.1 Å². The molecule has 2 rings (SSSR count). The molecule has 0 aliphatic carbocycles. The quantitative estimate of drug-likeness (QED) is 0.747. The second-order valence-corrected chi connectivity index (χ2v) is 3.73. The van der Waals surface area contributed by atoms with Crippen LogP contribution in [-0.2, 0) is 6.42 Å². The van der Waals surface area contributed by atoms with Crippen LogP contribution in [0.3, 0.4) is 0 Å². The third kappa shape index (κ3) is 1.32. The van der Waals surface area contributed by atoms with Gasteiger partial charge in [-0.1, -0.05) is 25.1 Å². The van der Waals surface area contributed by atoms with Crippen molar-refractivity contribution < 1.29 is 0 Å². The Morgan fingerprint density at radius 3 is 2.86 bits per heavy atom. The molecule has 0 aliphatic rings. The molecule has 74 valence electrons. The highest BCUT2D eigenvalue weighted by Crippen LogP contribution is 2.25. The van der Waals surface area contributed by atoms with E-state index in [2.05, 4.69) is 30.1 Å². The van der Waals surface area contributed by atoms with Crippen LogP contribution in [0.15, 0.2) is 24.4 Å². The fraction of sp³-hybridized carbons (Fsp3) is 0.333. The first-order valence-corrected chi connectivity index (χ1v) is 5.08. The number of aryl methyl sites for hydroxylation is 1. The molecule has 0 bridgehead atoms.